The van der Waals surface area contributed by atoms with Crippen molar-refractivity contribution >= 4 is 5.91 Å². The van der Waals surface area contributed by atoms with Crippen molar-refractivity contribution in [2.75, 3.05) is 6.54 Å². The third-order valence-electron chi connectivity index (χ3n) is 4.19. The first kappa shape index (κ1) is 14.1. The molecule has 1 atom stereocenters. The Morgan fingerprint density at radius 2 is 2.21 bits per heavy atom. The topological polar surface area (TPSA) is 29.1 Å². The summed E-state index contributed by atoms with van der Waals surface area (Å²) >= 11 is 0. The lowest BCUT2D eigenvalue weighted by Crippen LogP contribution is -2.25. The summed E-state index contributed by atoms with van der Waals surface area (Å²) in [4.78, 5) is 11.3. The van der Waals surface area contributed by atoms with Crippen LogP contribution in [0.4, 0.5) is 0 Å². The van der Waals surface area contributed by atoms with E-state index in [0.29, 0.717) is 12.3 Å². The lowest BCUT2D eigenvalue weighted by atomic mass is 9.80. The number of amides is 1. The molecular weight excluding hydrogens is 234 g/mol. The second kappa shape index (κ2) is 6.74. The van der Waals surface area contributed by atoms with Crippen molar-refractivity contribution in [2.24, 2.45) is 0 Å². The number of carbonyl (C=O) groups excluding carboxylic acids is 1. The summed E-state index contributed by atoms with van der Waals surface area (Å²) in [5, 5.41) is 3.00. The monoisotopic (exact) mass is 259 g/mol. The molecule has 0 spiro atoms. The highest BCUT2D eigenvalue weighted by Crippen LogP contribution is 2.34. The Morgan fingerprint density at radius 1 is 1.37 bits per heavy atom. The van der Waals surface area contributed by atoms with E-state index in [4.69, 9.17) is 0 Å². The first-order valence-corrected chi connectivity index (χ1v) is 7.63. The van der Waals surface area contributed by atoms with E-state index in [2.05, 4.69) is 30.4 Å². The van der Waals surface area contributed by atoms with Crippen LogP contribution in [0, 0.1) is 0 Å². The Morgan fingerprint density at radius 3 is 2.95 bits per heavy atom. The van der Waals surface area contributed by atoms with E-state index in [1.807, 2.05) is 6.92 Å². The number of aryl methyl sites for hydroxylation is 2. The highest BCUT2D eigenvalue weighted by molar-refractivity contribution is 5.75. The summed E-state index contributed by atoms with van der Waals surface area (Å²) in [5.41, 5.74) is 4.50. The van der Waals surface area contributed by atoms with Crippen molar-refractivity contribution < 1.29 is 4.79 Å². The van der Waals surface area contributed by atoms with E-state index in [9.17, 15) is 4.79 Å². The number of nitrogens with one attached hydrogen (secondary N) is 1. The molecule has 0 unspecified atom stereocenters. The second-order valence-electron chi connectivity index (χ2n) is 5.47. The molecule has 0 heterocycles. The average molecular weight is 259 g/mol. The number of rotatable bonds is 5. The summed E-state index contributed by atoms with van der Waals surface area (Å²) in [6.07, 6.45) is 6.53. The molecule has 0 fully saturated rings. The Balaban J connectivity index is 2.02. The zero-order chi connectivity index (χ0) is 13.7. The summed E-state index contributed by atoms with van der Waals surface area (Å²) in [6.45, 7) is 4.92. The standard InChI is InChI=1S/C17H25NO/c1-3-13-8-9-14-6-5-7-15(16(14)12-13)10-11-18-17(19)4-2/h8-9,12,15H,3-7,10-11H2,1-2H3,(H,18,19)/t15-/m1/s1. The van der Waals surface area contributed by atoms with Crippen LogP contribution in [0.15, 0.2) is 18.2 Å². The number of hydrogen-bond donors (Lipinski definition) is 1. The molecule has 104 valence electrons. The zero-order valence-electron chi connectivity index (χ0n) is 12.2. The number of hydrogen-bond acceptors (Lipinski definition) is 1. The van der Waals surface area contributed by atoms with Crippen LogP contribution in [0.25, 0.3) is 0 Å². The van der Waals surface area contributed by atoms with Crippen molar-refractivity contribution in [3.8, 4) is 0 Å². The Hall–Kier alpha value is -1.31. The lowest BCUT2D eigenvalue weighted by Gasteiger charge is -2.26. The molecule has 2 rings (SSSR count). The summed E-state index contributed by atoms with van der Waals surface area (Å²) in [7, 11) is 0. The van der Waals surface area contributed by atoms with Crippen molar-refractivity contribution in [1.29, 1.82) is 0 Å². The minimum Gasteiger partial charge on any atom is -0.356 e. The van der Waals surface area contributed by atoms with Gasteiger partial charge in [0.25, 0.3) is 0 Å². The molecule has 2 nitrogen and oxygen atoms in total. The predicted molar refractivity (Wildman–Crippen MR) is 79.4 cm³/mol. The van der Waals surface area contributed by atoms with Gasteiger partial charge in [0.2, 0.25) is 5.91 Å². The zero-order valence-corrected chi connectivity index (χ0v) is 12.2. The molecule has 0 saturated carbocycles. The molecule has 0 aromatic heterocycles. The van der Waals surface area contributed by atoms with Crippen molar-refractivity contribution in [2.45, 2.75) is 58.3 Å². The molecule has 0 saturated heterocycles. The first-order valence-electron chi connectivity index (χ1n) is 7.63. The van der Waals surface area contributed by atoms with Crippen molar-refractivity contribution in [3.05, 3.63) is 34.9 Å². The molecule has 2 heteroatoms. The summed E-state index contributed by atoms with van der Waals surface area (Å²) < 4.78 is 0. The van der Waals surface area contributed by atoms with E-state index < -0.39 is 0 Å². The van der Waals surface area contributed by atoms with Gasteiger partial charge in [0.15, 0.2) is 0 Å². The van der Waals surface area contributed by atoms with Gasteiger partial charge in [-0.1, -0.05) is 32.0 Å². The molecule has 0 aliphatic heterocycles. The van der Waals surface area contributed by atoms with Crippen LogP contribution >= 0.6 is 0 Å². The van der Waals surface area contributed by atoms with E-state index in [1.54, 1.807) is 0 Å². The highest BCUT2D eigenvalue weighted by atomic mass is 16.1. The number of benzene rings is 1. The normalized spacial score (nSPS) is 17.9. The Kier molecular flexibility index (Phi) is 5.00. The summed E-state index contributed by atoms with van der Waals surface area (Å²) in [5.74, 6) is 0.797. The van der Waals surface area contributed by atoms with Crippen LogP contribution in [0.1, 0.15) is 62.1 Å². The van der Waals surface area contributed by atoms with Gasteiger partial charge in [-0.2, -0.15) is 0 Å². The first-order chi connectivity index (χ1) is 9.24. The number of fused-ring (bicyclic) bond motifs is 1. The molecule has 1 N–H and O–H groups in total. The van der Waals surface area contributed by atoms with Gasteiger partial charge in [0.05, 0.1) is 0 Å². The average Bonchev–Trinajstić information content (AvgIpc) is 2.46. The predicted octanol–water partition coefficient (Wildman–Crippen LogP) is 3.59. The van der Waals surface area contributed by atoms with Crippen molar-refractivity contribution in [1.82, 2.24) is 5.32 Å². The van der Waals surface area contributed by atoms with E-state index >= 15 is 0 Å². The third kappa shape index (κ3) is 3.59. The fourth-order valence-corrected chi connectivity index (χ4v) is 2.98. The van der Waals surface area contributed by atoms with Gasteiger partial charge in [-0.25, -0.2) is 0 Å². The van der Waals surface area contributed by atoms with Crippen LogP contribution in [0.5, 0.6) is 0 Å². The van der Waals surface area contributed by atoms with Gasteiger partial charge in [-0.05, 0) is 54.7 Å². The van der Waals surface area contributed by atoms with Gasteiger partial charge in [0.1, 0.15) is 0 Å². The minimum atomic E-state index is 0.165. The van der Waals surface area contributed by atoms with Crippen LogP contribution in [-0.4, -0.2) is 12.5 Å². The SMILES string of the molecule is CCC(=O)NCC[C@H]1CCCc2ccc(CC)cc21. The maximum Gasteiger partial charge on any atom is 0.219 e. The van der Waals surface area contributed by atoms with E-state index in [-0.39, 0.29) is 5.91 Å². The van der Waals surface area contributed by atoms with Crippen LogP contribution in [0.2, 0.25) is 0 Å². The molecular formula is C17H25NO. The van der Waals surface area contributed by atoms with Crippen LogP contribution < -0.4 is 5.32 Å². The molecule has 1 aliphatic rings. The van der Waals surface area contributed by atoms with Gasteiger partial charge in [-0.15, -0.1) is 0 Å². The molecule has 1 amide bonds. The third-order valence-corrected chi connectivity index (χ3v) is 4.19. The fourth-order valence-electron chi connectivity index (χ4n) is 2.98. The maximum atomic E-state index is 11.3. The van der Waals surface area contributed by atoms with Gasteiger partial charge in [-0.3, -0.25) is 4.79 Å². The fraction of sp³-hybridized carbons (Fsp3) is 0.588. The van der Waals surface area contributed by atoms with Crippen LogP contribution in [-0.2, 0) is 17.6 Å². The molecule has 1 aromatic carbocycles. The smallest absolute Gasteiger partial charge is 0.219 e. The molecule has 0 radical (unpaired) electrons. The Labute approximate surface area is 116 Å². The quantitative estimate of drug-likeness (QED) is 0.860. The largest absolute Gasteiger partial charge is 0.356 e. The van der Waals surface area contributed by atoms with Crippen LogP contribution in [0.3, 0.4) is 0 Å². The highest BCUT2D eigenvalue weighted by Gasteiger charge is 2.20. The van der Waals surface area contributed by atoms with Gasteiger partial charge < -0.3 is 5.32 Å². The molecule has 1 aliphatic carbocycles. The number of carbonyl (C=O) groups is 1. The second-order valence-corrected chi connectivity index (χ2v) is 5.47. The van der Waals surface area contributed by atoms with E-state index in [1.165, 1.54) is 36.0 Å². The minimum absolute atomic E-state index is 0.165. The molecule has 19 heavy (non-hydrogen) atoms. The van der Waals surface area contributed by atoms with E-state index in [0.717, 1.165) is 19.4 Å². The summed E-state index contributed by atoms with van der Waals surface area (Å²) in [6, 6.07) is 6.96. The molecule has 1 aromatic rings. The van der Waals surface area contributed by atoms with Crippen molar-refractivity contribution in [3.63, 3.8) is 0 Å². The Bertz CT molecular complexity index is 439. The maximum absolute atomic E-state index is 11.3. The molecule has 0 bridgehead atoms. The lowest BCUT2D eigenvalue weighted by molar-refractivity contribution is -0.120. The van der Waals surface area contributed by atoms with Gasteiger partial charge >= 0.3 is 0 Å². The van der Waals surface area contributed by atoms with Gasteiger partial charge in [0, 0.05) is 13.0 Å².